The van der Waals surface area contributed by atoms with Gasteiger partial charge in [-0.2, -0.15) is 0 Å². The molecule has 0 saturated carbocycles. The number of amides is 3. The van der Waals surface area contributed by atoms with Gasteiger partial charge in [-0.25, -0.2) is 14.8 Å². The molecule has 0 atom stereocenters. The Balaban J connectivity index is 1.63. The summed E-state index contributed by atoms with van der Waals surface area (Å²) in [4.78, 5) is 39.9. The Morgan fingerprint density at radius 2 is 1.81 bits per heavy atom. The lowest BCUT2D eigenvalue weighted by Gasteiger charge is -2.16. The Morgan fingerprint density at radius 3 is 2.42 bits per heavy atom. The normalized spacial score (nSPS) is 11.3. The Kier molecular flexibility index (Phi) is 6.33. The zero-order valence-corrected chi connectivity index (χ0v) is 18.2. The molecule has 0 spiro atoms. The van der Waals surface area contributed by atoms with Crippen molar-refractivity contribution >= 4 is 17.8 Å². The molecular weight excluding hydrogens is 396 g/mol. The highest BCUT2D eigenvalue weighted by atomic mass is 16.5. The van der Waals surface area contributed by atoms with E-state index in [1.165, 1.54) is 6.20 Å². The summed E-state index contributed by atoms with van der Waals surface area (Å²) in [5.41, 5.74) is 0.851. The van der Waals surface area contributed by atoms with E-state index in [1.54, 1.807) is 57.4 Å². The number of H-pyrrole nitrogens is 1. The Bertz CT molecular complexity index is 1070. The molecule has 3 N–H and O–H groups in total. The summed E-state index contributed by atoms with van der Waals surface area (Å²) in [6.07, 6.45) is 4.88. The summed E-state index contributed by atoms with van der Waals surface area (Å²) in [6, 6.07) is 6.15. The van der Waals surface area contributed by atoms with Crippen molar-refractivity contribution in [2.45, 2.75) is 40.5 Å². The van der Waals surface area contributed by atoms with Crippen LogP contribution in [0.2, 0.25) is 0 Å². The number of nitrogens with zero attached hydrogens (tertiary/aromatic N) is 3. The van der Waals surface area contributed by atoms with Gasteiger partial charge in [0.15, 0.2) is 0 Å². The third kappa shape index (κ3) is 5.88. The second-order valence-corrected chi connectivity index (χ2v) is 8.35. The molecule has 0 aliphatic heterocycles. The number of aromatic amines is 1. The molecule has 3 aromatic heterocycles. The van der Waals surface area contributed by atoms with E-state index >= 15 is 0 Å². The Hall–Kier alpha value is -3.75. The van der Waals surface area contributed by atoms with Crippen molar-refractivity contribution in [3.05, 3.63) is 48.7 Å². The fourth-order valence-electron chi connectivity index (χ4n) is 2.47. The maximum atomic E-state index is 11.9. The van der Waals surface area contributed by atoms with E-state index in [0.717, 1.165) is 11.5 Å². The first-order valence-corrected chi connectivity index (χ1v) is 9.89. The molecule has 3 aromatic rings. The quantitative estimate of drug-likeness (QED) is 0.557. The van der Waals surface area contributed by atoms with E-state index in [0.29, 0.717) is 28.9 Å². The molecule has 162 valence electrons. The highest BCUT2D eigenvalue weighted by molar-refractivity contribution is 6.02. The fraction of sp³-hybridized carbons (Fsp3) is 0.318. The lowest BCUT2D eigenvalue weighted by Crippen LogP contribution is -2.41. The van der Waals surface area contributed by atoms with Gasteiger partial charge in [0.05, 0.1) is 23.8 Å². The van der Waals surface area contributed by atoms with Gasteiger partial charge in [0, 0.05) is 23.6 Å². The zero-order valence-electron chi connectivity index (χ0n) is 18.2. The van der Waals surface area contributed by atoms with Gasteiger partial charge in [-0.3, -0.25) is 20.4 Å². The monoisotopic (exact) mass is 422 g/mol. The largest absolute Gasteiger partial charge is 0.456 e. The van der Waals surface area contributed by atoms with Gasteiger partial charge in [-0.15, -0.1) is 0 Å². The maximum absolute atomic E-state index is 11.9. The number of rotatable bonds is 5. The molecule has 0 aromatic carbocycles. The third-order valence-corrected chi connectivity index (χ3v) is 4.27. The van der Waals surface area contributed by atoms with E-state index in [-0.39, 0.29) is 5.91 Å². The van der Waals surface area contributed by atoms with Crippen LogP contribution in [0.3, 0.4) is 0 Å². The van der Waals surface area contributed by atoms with Crippen molar-refractivity contribution in [2.24, 2.45) is 5.41 Å². The van der Waals surface area contributed by atoms with E-state index < -0.39 is 11.4 Å². The van der Waals surface area contributed by atoms with Gasteiger partial charge >= 0.3 is 6.03 Å². The molecule has 0 aliphatic carbocycles. The Labute approximate surface area is 180 Å². The maximum Gasteiger partial charge on any atom is 0.327 e. The first kappa shape index (κ1) is 21.9. The lowest BCUT2D eigenvalue weighted by molar-refractivity contribution is -0.127. The summed E-state index contributed by atoms with van der Waals surface area (Å²) < 4.78 is 5.84. The summed E-state index contributed by atoms with van der Waals surface area (Å²) in [6.45, 7) is 9.29. The lowest BCUT2D eigenvalue weighted by atomic mass is 9.96. The number of anilines is 1. The minimum Gasteiger partial charge on any atom is -0.456 e. The molecule has 0 unspecified atom stereocenters. The number of urea groups is 1. The first-order valence-electron chi connectivity index (χ1n) is 9.89. The number of ether oxygens (including phenoxy) is 1. The number of nitrogens with one attached hydrogen (secondary N) is 3. The van der Waals surface area contributed by atoms with E-state index in [4.69, 9.17) is 4.74 Å². The standard InChI is InChI=1S/C22H26N6O3/c1-13(2)19-25-12-17(26-19)16-10-14(8-9-23-16)31-15-6-7-18(24-11-15)27-21(30)28-20(29)22(3,4)5/h6-13H,1-5H3,(H,25,26)(H2,24,27,28,29,30). The number of imide groups is 1. The Morgan fingerprint density at radius 1 is 1.03 bits per heavy atom. The predicted octanol–water partition coefficient (Wildman–Crippen LogP) is 4.48. The molecule has 3 heterocycles. The van der Waals surface area contributed by atoms with Crippen molar-refractivity contribution in [2.75, 3.05) is 5.32 Å². The van der Waals surface area contributed by atoms with Crippen molar-refractivity contribution in [1.29, 1.82) is 0 Å². The highest BCUT2D eigenvalue weighted by Crippen LogP contribution is 2.26. The average molecular weight is 422 g/mol. The van der Waals surface area contributed by atoms with Crippen LogP contribution in [-0.2, 0) is 4.79 Å². The minimum absolute atomic E-state index is 0.292. The van der Waals surface area contributed by atoms with Crippen LogP contribution in [0.5, 0.6) is 11.5 Å². The van der Waals surface area contributed by atoms with Crippen molar-refractivity contribution in [3.63, 3.8) is 0 Å². The van der Waals surface area contributed by atoms with Gasteiger partial charge in [-0.1, -0.05) is 34.6 Å². The van der Waals surface area contributed by atoms with E-state index in [9.17, 15) is 9.59 Å². The van der Waals surface area contributed by atoms with Gasteiger partial charge in [-0.05, 0) is 18.2 Å². The molecule has 0 saturated heterocycles. The topological polar surface area (TPSA) is 122 Å². The molecule has 0 bridgehead atoms. The summed E-state index contributed by atoms with van der Waals surface area (Å²) in [5.74, 6) is 2.17. The van der Waals surface area contributed by atoms with Crippen LogP contribution in [0.4, 0.5) is 10.6 Å². The molecule has 31 heavy (non-hydrogen) atoms. The third-order valence-electron chi connectivity index (χ3n) is 4.27. The van der Waals surface area contributed by atoms with Crippen molar-refractivity contribution in [3.8, 4) is 22.9 Å². The van der Waals surface area contributed by atoms with Crippen LogP contribution < -0.4 is 15.4 Å². The predicted molar refractivity (Wildman–Crippen MR) is 117 cm³/mol. The number of pyridine rings is 2. The van der Waals surface area contributed by atoms with Crippen molar-refractivity contribution in [1.82, 2.24) is 25.3 Å². The molecule has 0 radical (unpaired) electrons. The SMILES string of the molecule is CC(C)c1ncc(-c2cc(Oc3ccc(NC(=O)NC(=O)C(C)(C)C)nc3)ccn2)[nH]1. The van der Waals surface area contributed by atoms with Crippen molar-refractivity contribution < 1.29 is 14.3 Å². The number of carbonyl (C=O) groups is 2. The number of aromatic nitrogens is 4. The molecule has 3 amide bonds. The minimum atomic E-state index is -0.668. The van der Waals surface area contributed by atoms with Crippen LogP contribution in [0, 0.1) is 5.41 Å². The number of imidazole rings is 1. The smallest absolute Gasteiger partial charge is 0.327 e. The number of hydrogen-bond acceptors (Lipinski definition) is 6. The molecular formula is C22H26N6O3. The van der Waals surface area contributed by atoms with Crippen LogP contribution in [0.15, 0.2) is 42.9 Å². The van der Waals surface area contributed by atoms with Crippen LogP contribution in [0.25, 0.3) is 11.4 Å². The van der Waals surface area contributed by atoms with Gasteiger partial charge in [0.25, 0.3) is 0 Å². The van der Waals surface area contributed by atoms with E-state index in [2.05, 4.69) is 44.4 Å². The second kappa shape index (κ2) is 8.95. The van der Waals surface area contributed by atoms with Gasteiger partial charge < -0.3 is 9.72 Å². The molecule has 9 nitrogen and oxygen atoms in total. The van der Waals surface area contributed by atoms with E-state index in [1.807, 2.05) is 0 Å². The molecule has 0 fully saturated rings. The molecule has 3 rings (SSSR count). The summed E-state index contributed by atoms with van der Waals surface area (Å²) in [5, 5.41) is 4.80. The first-order chi connectivity index (χ1) is 14.6. The zero-order chi connectivity index (χ0) is 22.6. The second-order valence-electron chi connectivity index (χ2n) is 8.35. The molecule has 9 heteroatoms. The average Bonchev–Trinajstić information content (AvgIpc) is 3.20. The van der Waals surface area contributed by atoms with Crippen LogP contribution in [-0.4, -0.2) is 31.9 Å². The van der Waals surface area contributed by atoms with Crippen LogP contribution >= 0.6 is 0 Å². The molecule has 0 aliphatic rings. The highest BCUT2D eigenvalue weighted by Gasteiger charge is 2.23. The van der Waals surface area contributed by atoms with Crippen LogP contribution in [0.1, 0.15) is 46.4 Å². The summed E-state index contributed by atoms with van der Waals surface area (Å²) >= 11 is 0. The number of carbonyl (C=O) groups excluding carboxylic acids is 2. The number of hydrogen-bond donors (Lipinski definition) is 3. The van der Waals surface area contributed by atoms with Gasteiger partial charge in [0.2, 0.25) is 5.91 Å². The summed E-state index contributed by atoms with van der Waals surface area (Å²) in [7, 11) is 0. The van der Waals surface area contributed by atoms with Gasteiger partial charge in [0.1, 0.15) is 23.1 Å². The fourth-order valence-corrected chi connectivity index (χ4v) is 2.47.